The highest BCUT2D eigenvalue weighted by Gasteiger charge is 2.47. The molecule has 2 aliphatic rings. The first-order chi connectivity index (χ1) is 17.8. The second-order valence-corrected chi connectivity index (χ2v) is 10.5. The Kier molecular flexibility index (Phi) is 13.1. The van der Waals surface area contributed by atoms with Crippen LogP contribution in [0.3, 0.4) is 0 Å². The molecular weight excluding hydrogens is 468 g/mol. The fourth-order valence-electron chi connectivity index (χ4n) is 5.42. The average Bonchev–Trinajstić information content (AvgIpc) is 2.93. The molecule has 0 aromatic heterocycles. The van der Waals surface area contributed by atoms with Crippen LogP contribution in [-0.4, -0.2) is 70.6 Å². The van der Waals surface area contributed by atoms with E-state index in [1.54, 1.807) is 0 Å². The second kappa shape index (κ2) is 15.8. The lowest BCUT2D eigenvalue weighted by Gasteiger charge is -2.40. The average molecular weight is 515 g/mol. The molecule has 7 heteroatoms. The number of unbranched alkanes of at least 4 members (excludes halogenated alkanes) is 2. The first-order valence-electron chi connectivity index (χ1n) is 13.9. The van der Waals surface area contributed by atoms with Gasteiger partial charge in [0.25, 0.3) is 0 Å². The number of nitrogens with zero attached hydrogens (tertiary/aromatic N) is 2. The van der Waals surface area contributed by atoms with Gasteiger partial charge in [0.05, 0.1) is 6.54 Å². The molecule has 1 fully saturated rings. The van der Waals surface area contributed by atoms with E-state index in [0.29, 0.717) is 38.1 Å². The molecule has 0 spiro atoms. The Labute approximate surface area is 222 Å². The Morgan fingerprint density at radius 2 is 1.81 bits per heavy atom. The van der Waals surface area contributed by atoms with Gasteiger partial charge in [0.15, 0.2) is 0 Å². The fourth-order valence-corrected chi connectivity index (χ4v) is 5.42. The Morgan fingerprint density at radius 3 is 2.51 bits per heavy atom. The molecule has 1 amide bonds. The number of rotatable bonds is 13. The van der Waals surface area contributed by atoms with E-state index in [1.165, 1.54) is 5.56 Å². The summed E-state index contributed by atoms with van der Waals surface area (Å²) < 4.78 is 0. The molecule has 7 nitrogen and oxygen atoms in total. The van der Waals surface area contributed by atoms with E-state index in [9.17, 15) is 19.5 Å². The maximum absolute atomic E-state index is 12.8. The molecule has 1 heterocycles. The van der Waals surface area contributed by atoms with Crippen molar-refractivity contribution in [3.8, 4) is 0 Å². The summed E-state index contributed by atoms with van der Waals surface area (Å²) in [5.74, 6) is -0.921. The highest BCUT2D eigenvalue weighted by Crippen LogP contribution is 2.39. The van der Waals surface area contributed by atoms with E-state index >= 15 is 0 Å². The third-order valence-electron chi connectivity index (χ3n) is 7.95. The van der Waals surface area contributed by atoms with E-state index in [-0.39, 0.29) is 18.2 Å². The molecule has 0 saturated heterocycles. The Hall–Kier alpha value is -2.38. The highest BCUT2D eigenvalue weighted by atomic mass is 16.3. The number of hydrogen-bond acceptors (Lipinski definition) is 6. The molecule has 1 aliphatic heterocycles. The number of benzene rings is 1. The summed E-state index contributed by atoms with van der Waals surface area (Å²) in [5, 5.41) is 18.0. The van der Waals surface area contributed by atoms with Crippen LogP contribution in [0, 0.1) is 11.8 Å². The number of hydrogen-bond donors (Lipinski definition) is 2. The van der Waals surface area contributed by atoms with Crippen LogP contribution in [0.4, 0.5) is 0 Å². The van der Waals surface area contributed by atoms with E-state index in [4.69, 9.17) is 5.11 Å². The van der Waals surface area contributed by atoms with Gasteiger partial charge in [0.1, 0.15) is 11.6 Å². The number of aliphatic hydroxyl groups excluding tert-OH is 1. The SMILES string of the molecule is CC[C@@H]1CC[C@@H](C)[C@](O)(C(=O)C(=O)CCCCC2N=CCN(CCCCc3ccccc3)C2=O)C1.CO. The third-order valence-corrected chi connectivity index (χ3v) is 7.95. The van der Waals surface area contributed by atoms with Gasteiger partial charge in [0, 0.05) is 26.3 Å². The lowest BCUT2D eigenvalue weighted by molar-refractivity contribution is -0.157. The van der Waals surface area contributed by atoms with Gasteiger partial charge in [0.2, 0.25) is 17.5 Å². The molecule has 1 saturated carbocycles. The molecule has 4 atom stereocenters. The predicted octanol–water partition coefficient (Wildman–Crippen LogP) is 4.18. The molecule has 0 bridgehead atoms. The topological polar surface area (TPSA) is 107 Å². The summed E-state index contributed by atoms with van der Waals surface area (Å²) in [7, 11) is 1.00. The smallest absolute Gasteiger partial charge is 0.247 e. The largest absolute Gasteiger partial charge is 0.400 e. The van der Waals surface area contributed by atoms with Crippen molar-refractivity contribution in [2.75, 3.05) is 20.2 Å². The standard InChI is InChI=1S/C29H42N2O4.CH4O/c1-3-23-17-16-22(2)29(35,21-23)27(33)26(32)15-8-7-14-25-28(34)31(20-18-30-25)19-10-9-13-24-11-5-4-6-12-24;1-2/h4-6,11-12,18,22-23,25,35H,3,7-10,13-17,19-21H2,1-2H3;2H,1H3/t22-,23-,25?,29+;/m1./s1. The van der Waals surface area contributed by atoms with E-state index < -0.39 is 23.2 Å². The van der Waals surface area contributed by atoms with Gasteiger partial charge in [-0.15, -0.1) is 0 Å². The van der Waals surface area contributed by atoms with Gasteiger partial charge in [-0.25, -0.2) is 0 Å². The molecule has 2 N–H and O–H groups in total. The first kappa shape index (κ1) is 30.8. The molecule has 1 aromatic carbocycles. The minimum absolute atomic E-state index is 0.0607. The quantitative estimate of drug-likeness (QED) is 0.303. The van der Waals surface area contributed by atoms with Gasteiger partial charge in [-0.05, 0) is 68.8 Å². The summed E-state index contributed by atoms with van der Waals surface area (Å²) in [6.07, 6.45) is 9.80. The zero-order valence-corrected chi connectivity index (χ0v) is 22.9. The van der Waals surface area contributed by atoms with Crippen molar-refractivity contribution in [2.45, 2.75) is 96.1 Å². The Balaban J connectivity index is 0.00000235. The van der Waals surface area contributed by atoms with Crippen LogP contribution in [0.15, 0.2) is 35.3 Å². The van der Waals surface area contributed by atoms with Crippen molar-refractivity contribution in [3.63, 3.8) is 0 Å². The van der Waals surface area contributed by atoms with Crippen LogP contribution < -0.4 is 0 Å². The summed E-state index contributed by atoms with van der Waals surface area (Å²) in [6, 6.07) is 9.99. The molecule has 37 heavy (non-hydrogen) atoms. The normalized spacial score (nSPS) is 25.4. The van der Waals surface area contributed by atoms with Crippen molar-refractivity contribution >= 4 is 23.7 Å². The molecule has 1 aromatic rings. The number of aryl methyl sites for hydroxylation is 1. The minimum Gasteiger partial charge on any atom is -0.400 e. The molecule has 1 aliphatic carbocycles. The zero-order valence-electron chi connectivity index (χ0n) is 22.9. The third kappa shape index (κ3) is 8.85. The lowest BCUT2D eigenvalue weighted by Crippen LogP contribution is -2.51. The molecule has 0 radical (unpaired) electrons. The van der Waals surface area contributed by atoms with Crippen molar-refractivity contribution in [2.24, 2.45) is 16.8 Å². The van der Waals surface area contributed by atoms with Crippen molar-refractivity contribution in [3.05, 3.63) is 35.9 Å². The van der Waals surface area contributed by atoms with Crippen molar-refractivity contribution in [1.29, 1.82) is 0 Å². The van der Waals surface area contributed by atoms with Gasteiger partial charge in [-0.2, -0.15) is 0 Å². The van der Waals surface area contributed by atoms with Crippen LogP contribution >= 0.6 is 0 Å². The second-order valence-electron chi connectivity index (χ2n) is 10.5. The van der Waals surface area contributed by atoms with E-state index in [0.717, 1.165) is 52.2 Å². The van der Waals surface area contributed by atoms with Gasteiger partial charge < -0.3 is 15.1 Å². The summed E-state index contributed by atoms with van der Waals surface area (Å²) in [5.41, 5.74) is -0.194. The van der Waals surface area contributed by atoms with Crippen LogP contribution in [0.1, 0.15) is 83.6 Å². The van der Waals surface area contributed by atoms with Crippen molar-refractivity contribution in [1.82, 2.24) is 4.90 Å². The van der Waals surface area contributed by atoms with Gasteiger partial charge in [-0.3, -0.25) is 19.4 Å². The predicted molar refractivity (Wildman–Crippen MR) is 147 cm³/mol. The number of aliphatic hydroxyl groups is 2. The molecule has 1 unspecified atom stereocenters. The maximum atomic E-state index is 12.8. The van der Waals surface area contributed by atoms with Crippen LogP contribution in [0.5, 0.6) is 0 Å². The van der Waals surface area contributed by atoms with Crippen LogP contribution in [-0.2, 0) is 20.8 Å². The van der Waals surface area contributed by atoms with E-state index in [1.807, 2.05) is 36.2 Å². The van der Waals surface area contributed by atoms with Crippen LogP contribution in [0.25, 0.3) is 0 Å². The number of carbonyl (C=O) groups is 3. The number of amides is 1. The van der Waals surface area contributed by atoms with Crippen LogP contribution in [0.2, 0.25) is 0 Å². The number of carbonyl (C=O) groups excluding carboxylic acids is 3. The molecule has 3 rings (SSSR count). The Morgan fingerprint density at radius 1 is 1.08 bits per heavy atom. The monoisotopic (exact) mass is 514 g/mol. The van der Waals surface area contributed by atoms with Gasteiger partial charge in [-0.1, -0.05) is 57.0 Å². The lowest BCUT2D eigenvalue weighted by atomic mass is 9.68. The summed E-state index contributed by atoms with van der Waals surface area (Å²) in [4.78, 5) is 44.5. The minimum atomic E-state index is -1.51. The summed E-state index contributed by atoms with van der Waals surface area (Å²) in [6.45, 7) is 5.23. The number of Topliss-reactive ketones (excluding diaryl/α,β-unsaturated/α-hetero) is 2. The fraction of sp³-hybridized carbons (Fsp3) is 0.667. The van der Waals surface area contributed by atoms with Gasteiger partial charge >= 0.3 is 0 Å². The molecule has 206 valence electrons. The number of aliphatic imine (C=N–C) groups is 1. The maximum Gasteiger partial charge on any atom is 0.247 e. The van der Waals surface area contributed by atoms with E-state index in [2.05, 4.69) is 24.0 Å². The molecular formula is C30H46N2O5. The number of ketones is 2. The first-order valence-corrected chi connectivity index (χ1v) is 13.9. The summed E-state index contributed by atoms with van der Waals surface area (Å²) >= 11 is 0. The highest BCUT2D eigenvalue weighted by molar-refractivity contribution is 6.40. The zero-order chi connectivity index (χ0) is 27.3. The Bertz CT molecular complexity index is 887. The van der Waals surface area contributed by atoms with Crippen molar-refractivity contribution < 1.29 is 24.6 Å².